The highest BCUT2D eigenvalue weighted by molar-refractivity contribution is 6.42. The van der Waals surface area contributed by atoms with E-state index < -0.39 is 0 Å². The molecule has 1 unspecified atom stereocenters. The molecule has 0 spiro atoms. The number of halogens is 2. The van der Waals surface area contributed by atoms with Gasteiger partial charge in [0.15, 0.2) is 11.5 Å². The predicted molar refractivity (Wildman–Crippen MR) is 89.4 cm³/mol. The largest absolute Gasteiger partial charge is 0.486 e. The summed E-state index contributed by atoms with van der Waals surface area (Å²) in [5.41, 5.74) is 8.08. The molecule has 22 heavy (non-hydrogen) atoms. The first-order chi connectivity index (χ1) is 10.7. The molecule has 0 aromatic heterocycles. The van der Waals surface area contributed by atoms with Gasteiger partial charge in [-0.1, -0.05) is 41.4 Å². The van der Waals surface area contributed by atoms with Crippen molar-refractivity contribution in [2.24, 2.45) is 5.73 Å². The molecule has 0 radical (unpaired) electrons. The Balaban J connectivity index is 1.86. The molecule has 116 valence electrons. The maximum Gasteiger partial charge on any atom is 0.161 e. The van der Waals surface area contributed by atoms with Crippen LogP contribution in [0.25, 0.3) is 0 Å². The Bertz CT molecular complexity index is 676. The Labute approximate surface area is 139 Å². The SMILES string of the molecule is NCC(Cc1cccc(Cl)c1Cl)c1ccc2c(c1)OCCO2. The zero-order valence-corrected chi connectivity index (χ0v) is 13.5. The van der Waals surface area contributed by atoms with Crippen molar-refractivity contribution >= 4 is 23.2 Å². The van der Waals surface area contributed by atoms with Gasteiger partial charge in [0.25, 0.3) is 0 Å². The van der Waals surface area contributed by atoms with Crippen LogP contribution in [0.2, 0.25) is 10.0 Å². The van der Waals surface area contributed by atoms with Crippen LogP contribution in [0.5, 0.6) is 11.5 Å². The summed E-state index contributed by atoms with van der Waals surface area (Å²) in [4.78, 5) is 0. The molecular weight excluding hydrogens is 321 g/mol. The van der Waals surface area contributed by atoms with E-state index in [1.165, 1.54) is 0 Å². The molecule has 0 fully saturated rings. The number of ether oxygens (including phenoxy) is 2. The van der Waals surface area contributed by atoms with E-state index in [0.29, 0.717) is 29.8 Å². The molecule has 2 N–H and O–H groups in total. The minimum Gasteiger partial charge on any atom is -0.486 e. The second kappa shape index (κ2) is 6.78. The Hall–Kier alpha value is -1.42. The standard InChI is InChI=1S/C17H17Cl2NO2/c18-14-3-1-2-12(17(14)19)8-13(10-20)11-4-5-15-16(9-11)22-7-6-21-15/h1-5,9,13H,6-8,10,20H2. The quantitative estimate of drug-likeness (QED) is 0.915. The number of benzene rings is 2. The van der Waals surface area contributed by atoms with Gasteiger partial charge in [0.1, 0.15) is 13.2 Å². The second-order valence-electron chi connectivity index (χ2n) is 5.25. The van der Waals surface area contributed by atoms with Crippen molar-refractivity contribution in [3.63, 3.8) is 0 Å². The molecule has 0 saturated carbocycles. The summed E-state index contributed by atoms with van der Waals surface area (Å²) in [5.74, 6) is 1.71. The number of hydrogen-bond donors (Lipinski definition) is 1. The van der Waals surface area contributed by atoms with Crippen LogP contribution in [0.3, 0.4) is 0 Å². The van der Waals surface area contributed by atoms with Gasteiger partial charge in [0.2, 0.25) is 0 Å². The third-order valence-electron chi connectivity index (χ3n) is 3.82. The van der Waals surface area contributed by atoms with Crippen molar-refractivity contribution in [3.05, 3.63) is 57.6 Å². The zero-order chi connectivity index (χ0) is 15.5. The normalized spacial score (nSPS) is 14.7. The van der Waals surface area contributed by atoms with Gasteiger partial charge in [-0.25, -0.2) is 0 Å². The average Bonchev–Trinajstić information content (AvgIpc) is 2.56. The van der Waals surface area contributed by atoms with Crippen LogP contribution in [0, 0.1) is 0 Å². The van der Waals surface area contributed by atoms with Gasteiger partial charge in [0, 0.05) is 5.92 Å². The Morgan fingerprint density at radius 3 is 2.59 bits per heavy atom. The highest BCUT2D eigenvalue weighted by Gasteiger charge is 2.18. The van der Waals surface area contributed by atoms with Gasteiger partial charge < -0.3 is 15.2 Å². The lowest BCUT2D eigenvalue weighted by Gasteiger charge is -2.22. The topological polar surface area (TPSA) is 44.5 Å². The van der Waals surface area contributed by atoms with Gasteiger partial charge >= 0.3 is 0 Å². The molecule has 1 aliphatic heterocycles. The van der Waals surface area contributed by atoms with Crippen LogP contribution < -0.4 is 15.2 Å². The summed E-state index contributed by atoms with van der Waals surface area (Å²) in [5, 5.41) is 1.16. The summed E-state index contributed by atoms with van der Waals surface area (Å²) < 4.78 is 11.2. The van der Waals surface area contributed by atoms with Crippen LogP contribution in [0.1, 0.15) is 17.0 Å². The molecule has 0 bridgehead atoms. The number of fused-ring (bicyclic) bond motifs is 1. The third kappa shape index (κ3) is 3.17. The van der Waals surface area contributed by atoms with Crippen molar-refractivity contribution in [1.29, 1.82) is 0 Å². The molecule has 0 amide bonds. The Morgan fingerprint density at radius 2 is 1.82 bits per heavy atom. The van der Waals surface area contributed by atoms with Gasteiger partial charge in [-0.05, 0) is 42.3 Å². The molecule has 2 aromatic carbocycles. The van der Waals surface area contributed by atoms with Gasteiger partial charge in [0.05, 0.1) is 10.0 Å². The zero-order valence-electron chi connectivity index (χ0n) is 12.0. The summed E-state index contributed by atoms with van der Waals surface area (Å²) in [6.45, 7) is 1.68. The van der Waals surface area contributed by atoms with Crippen molar-refractivity contribution in [3.8, 4) is 11.5 Å². The smallest absolute Gasteiger partial charge is 0.161 e. The molecule has 3 rings (SSSR count). The molecule has 1 aliphatic rings. The summed E-state index contributed by atoms with van der Waals surface area (Å²) in [7, 11) is 0. The van der Waals surface area contributed by atoms with Gasteiger partial charge in [-0.2, -0.15) is 0 Å². The fourth-order valence-corrected chi connectivity index (χ4v) is 3.02. The minimum absolute atomic E-state index is 0.145. The third-order valence-corrected chi connectivity index (χ3v) is 4.68. The lowest BCUT2D eigenvalue weighted by molar-refractivity contribution is 0.171. The van der Waals surface area contributed by atoms with E-state index in [1.807, 2.05) is 30.3 Å². The fraction of sp³-hybridized carbons (Fsp3) is 0.294. The van der Waals surface area contributed by atoms with E-state index in [2.05, 4.69) is 0 Å². The molecule has 2 aromatic rings. The first-order valence-electron chi connectivity index (χ1n) is 7.21. The van der Waals surface area contributed by atoms with Crippen molar-refractivity contribution < 1.29 is 9.47 Å². The Morgan fingerprint density at radius 1 is 1.05 bits per heavy atom. The highest BCUT2D eigenvalue weighted by atomic mass is 35.5. The monoisotopic (exact) mass is 337 g/mol. The molecule has 3 nitrogen and oxygen atoms in total. The van der Waals surface area contributed by atoms with Gasteiger partial charge in [-0.3, -0.25) is 0 Å². The average molecular weight is 338 g/mol. The fourth-order valence-electron chi connectivity index (χ4n) is 2.62. The second-order valence-corrected chi connectivity index (χ2v) is 6.04. The van der Waals surface area contributed by atoms with Gasteiger partial charge in [-0.15, -0.1) is 0 Å². The van der Waals surface area contributed by atoms with Crippen molar-refractivity contribution in [2.45, 2.75) is 12.3 Å². The lowest BCUT2D eigenvalue weighted by atomic mass is 9.91. The lowest BCUT2D eigenvalue weighted by Crippen LogP contribution is -2.18. The van der Waals surface area contributed by atoms with Crippen LogP contribution >= 0.6 is 23.2 Å². The molecule has 0 saturated heterocycles. The molecule has 5 heteroatoms. The first-order valence-corrected chi connectivity index (χ1v) is 7.97. The number of nitrogens with two attached hydrogens (primary N) is 1. The van der Waals surface area contributed by atoms with E-state index >= 15 is 0 Å². The van der Waals surface area contributed by atoms with Crippen molar-refractivity contribution in [2.75, 3.05) is 19.8 Å². The number of rotatable bonds is 4. The molecule has 1 heterocycles. The van der Waals surface area contributed by atoms with Crippen LogP contribution in [0.15, 0.2) is 36.4 Å². The van der Waals surface area contributed by atoms with E-state index in [-0.39, 0.29) is 5.92 Å². The Kier molecular flexibility index (Phi) is 4.77. The summed E-state index contributed by atoms with van der Waals surface area (Å²) in [6.07, 6.45) is 0.732. The minimum atomic E-state index is 0.145. The van der Waals surface area contributed by atoms with E-state index in [0.717, 1.165) is 29.0 Å². The van der Waals surface area contributed by atoms with Crippen LogP contribution in [0.4, 0.5) is 0 Å². The van der Waals surface area contributed by atoms with Crippen molar-refractivity contribution in [1.82, 2.24) is 0 Å². The molecule has 1 atom stereocenters. The maximum atomic E-state index is 6.28. The molecular formula is C17H17Cl2NO2. The predicted octanol–water partition coefficient (Wildman–Crippen LogP) is 4.05. The summed E-state index contributed by atoms with van der Waals surface area (Å²) in [6, 6.07) is 11.6. The highest BCUT2D eigenvalue weighted by Crippen LogP contribution is 2.35. The maximum absolute atomic E-state index is 6.28. The van der Waals surface area contributed by atoms with Crippen LogP contribution in [-0.2, 0) is 6.42 Å². The van der Waals surface area contributed by atoms with Crippen LogP contribution in [-0.4, -0.2) is 19.8 Å². The van der Waals surface area contributed by atoms with E-state index in [1.54, 1.807) is 6.07 Å². The summed E-state index contributed by atoms with van der Waals surface area (Å²) >= 11 is 12.4. The van der Waals surface area contributed by atoms with E-state index in [4.69, 9.17) is 38.4 Å². The number of hydrogen-bond acceptors (Lipinski definition) is 3. The molecule has 0 aliphatic carbocycles. The van der Waals surface area contributed by atoms with E-state index in [9.17, 15) is 0 Å². The first kappa shape index (κ1) is 15.5.